The molecule has 7 heteroatoms. The molecule has 0 aliphatic heterocycles. The molecule has 7 nitrogen and oxygen atoms in total. The van der Waals surface area contributed by atoms with Crippen molar-refractivity contribution >= 4 is 12.0 Å². The molecule has 0 radical (unpaired) electrons. The quantitative estimate of drug-likeness (QED) is 0.382. The first-order valence-electron chi connectivity index (χ1n) is 7.78. The predicted molar refractivity (Wildman–Crippen MR) is 93.2 cm³/mol. The Morgan fingerprint density at radius 1 is 1.25 bits per heavy atom. The van der Waals surface area contributed by atoms with Crippen LogP contribution in [0, 0.1) is 12.8 Å². The zero-order valence-electron chi connectivity index (χ0n) is 15.1. The minimum atomic E-state index is -0.510. The number of rotatable bonds is 4. The fourth-order valence-electron chi connectivity index (χ4n) is 1.52. The van der Waals surface area contributed by atoms with Gasteiger partial charge in [-0.25, -0.2) is 10.6 Å². The van der Waals surface area contributed by atoms with E-state index in [9.17, 15) is 9.59 Å². The second-order valence-corrected chi connectivity index (χ2v) is 6.46. The Kier molecular flexibility index (Phi) is 9.49. The van der Waals surface area contributed by atoms with Gasteiger partial charge in [0.2, 0.25) is 5.91 Å². The number of alkyl carbamates (subject to hydrolysis) is 1. The van der Waals surface area contributed by atoms with E-state index in [0.717, 1.165) is 0 Å². The molecule has 2 amide bonds. The number of aromatic hydroxyl groups is 1. The first kappa shape index (κ1) is 21.7. The standard InChI is InChI=1S/C10H21N3O3.C7H8O/c1-7(8(14)13-11)5-6-12-9(15)16-10(2,3)4;1-6-2-4-7(8)5-3-6/h7H,5-6,11H2,1-4H3,(H,12,15)(H,13,14);2-5,8H,1H3. The molecule has 1 atom stereocenters. The summed E-state index contributed by atoms with van der Waals surface area (Å²) in [5, 5.41) is 11.3. The van der Waals surface area contributed by atoms with Crippen LogP contribution in [-0.2, 0) is 9.53 Å². The van der Waals surface area contributed by atoms with Crippen molar-refractivity contribution in [1.29, 1.82) is 0 Å². The second kappa shape index (κ2) is 10.5. The Morgan fingerprint density at radius 3 is 2.21 bits per heavy atom. The monoisotopic (exact) mass is 339 g/mol. The van der Waals surface area contributed by atoms with E-state index in [1.54, 1.807) is 39.8 Å². The summed E-state index contributed by atoms with van der Waals surface area (Å²) in [5.41, 5.74) is 2.72. The van der Waals surface area contributed by atoms with Gasteiger partial charge < -0.3 is 15.2 Å². The molecule has 136 valence electrons. The maximum Gasteiger partial charge on any atom is 0.407 e. The molecule has 0 saturated carbocycles. The van der Waals surface area contributed by atoms with Crippen molar-refractivity contribution in [3.63, 3.8) is 0 Å². The lowest BCUT2D eigenvalue weighted by Gasteiger charge is -2.20. The van der Waals surface area contributed by atoms with Crippen molar-refractivity contribution < 1.29 is 19.4 Å². The molecular formula is C17H29N3O4. The Labute approximate surface area is 143 Å². The molecule has 0 saturated heterocycles. The van der Waals surface area contributed by atoms with Gasteiger partial charge in [-0.05, 0) is 46.2 Å². The van der Waals surface area contributed by atoms with E-state index in [2.05, 4.69) is 10.7 Å². The third kappa shape index (κ3) is 11.3. The third-order valence-electron chi connectivity index (χ3n) is 2.87. The van der Waals surface area contributed by atoms with Gasteiger partial charge in [0.1, 0.15) is 11.4 Å². The zero-order chi connectivity index (χ0) is 18.8. The Morgan fingerprint density at radius 2 is 1.79 bits per heavy atom. The van der Waals surface area contributed by atoms with Crippen LogP contribution in [0.1, 0.15) is 39.7 Å². The Balaban J connectivity index is 0.000000546. The highest BCUT2D eigenvalue weighted by atomic mass is 16.6. The van der Waals surface area contributed by atoms with Crippen LogP contribution < -0.4 is 16.6 Å². The highest BCUT2D eigenvalue weighted by Gasteiger charge is 2.16. The van der Waals surface area contributed by atoms with Gasteiger partial charge in [-0.3, -0.25) is 10.2 Å². The van der Waals surface area contributed by atoms with Crippen LogP contribution in [0.15, 0.2) is 24.3 Å². The average molecular weight is 339 g/mol. The molecule has 0 heterocycles. The van der Waals surface area contributed by atoms with E-state index in [-0.39, 0.29) is 11.8 Å². The average Bonchev–Trinajstić information content (AvgIpc) is 2.48. The van der Waals surface area contributed by atoms with E-state index in [1.807, 2.05) is 19.1 Å². The number of nitrogens with two attached hydrogens (primary N) is 1. The summed E-state index contributed by atoms with van der Waals surface area (Å²) in [4.78, 5) is 22.3. The number of hydrazine groups is 1. The largest absolute Gasteiger partial charge is 0.508 e. The van der Waals surface area contributed by atoms with Crippen LogP contribution in [0.2, 0.25) is 0 Å². The summed E-state index contributed by atoms with van der Waals surface area (Å²) in [6.07, 6.45) is 0.0373. The molecule has 5 N–H and O–H groups in total. The third-order valence-corrected chi connectivity index (χ3v) is 2.87. The van der Waals surface area contributed by atoms with Gasteiger partial charge in [0.25, 0.3) is 0 Å². The van der Waals surface area contributed by atoms with Gasteiger partial charge in [0.15, 0.2) is 0 Å². The van der Waals surface area contributed by atoms with E-state index < -0.39 is 11.7 Å². The van der Waals surface area contributed by atoms with Crippen LogP contribution in [0.3, 0.4) is 0 Å². The van der Waals surface area contributed by atoms with E-state index >= 15 is 0 Å². The van der Waals surface area contributed by atoms with Crippen LogP contribution in [0.25, 0.3) is 0 Å². The first-order chi connectivity index (χ1) is 11.0. The Hall–Kier alpha value is -2.28. The summed E-state index contributed by atoms with van der Waals surface area (Å²) < 4.78 is 5.03. The molecule has 0 aliphatic carbocycles. The van der Waals surface area contributed by atoms with Crippen molar-refractivity contribution in [3.05, 3.63) is 29.8 Å². The van der Waals surface area contributed by atoms with Gasteiger partial charge in [0, 0.05) is 12.5 Å². The molecule has 0 aliphatic rings. The number of carbonyl (C=O) groups excluding carboxylic acids is 2. The van der Waals surface area contributed by atoms with E-state index in [1.165, 1.54) is 5.56 Å². The highest BCUT2D eigenvalue weighted by Crippen LogP contribution is 2.08. The Bertz CT molecular complexity index is 489. The second-order valence-electron chi connectivity index (χ2n) is 6.46. The van der Waals surface area contributed by atoms with E-state index in [4.69, 9.17) is 15.7 Å². The molecule has 24 heavy (non-hydrogen) atoms. The summed E-state index contributed by atoms with van der Waals surface area (Å²) in [7, 11) is 0. The smallest absolute Gasteiger partial charge is 0.407 e. The van der Waals surface area contributed by atoms with Crippen molar-refractivity contribution in [2.75, 3.05) is 6.54 Å². The topological polar surface area (TPSA) is 114 Å². The minimum Gasteiger partial charge on any atom is -0.508 e. The number of aryl methyl sites for hydroxylation is 1. The van der Waals surface area contributed by atoms with Crippen LogP contribution >= 0.6 is 0 Å². The molecule has 0 spiro atoms. The predicted octanol–water partition coefficient (Wildman–Crippen LogP) is 2.23. The number of nitrogens with one attached hydrogen (secondary N) is 2. The fraction of sp³-hybridized carbons (Fsp3) is 0.529. The van der Waals surface area contributed by atoms with Gasteiger partial charge in [-0.1, -0.05) is 24.6 Å². The fourth-order valence-corrected chi connectivity index (χ4v) is 1.52. The first-order valence-corrected chi connectivity index (χ1v) is 7.78. The molecular weight excluding hydrogens is 310 g/mol. The lowest BCUT2D eigenvalue weighted by molar-refractivity contribution is -0.124. The number of carbonyl (C=O) groups is 2. The lowest BCUT2D eigenvalue weighted by atomic mass is 10.1. The van der Waals surface area contributed by atoms with Gasteiger partial charge >= 0.3 is 6.09 Å². The molecule has 1 rings (SSSR count). The maximum atomic E-state index is 11.2. The maximum absolute atomic E-state index is 11.2. The molecule has 0 bridgehead atoms. The number of ether oxygens (including phenoxy) is 1. The number of benzene rings is 1. The van der Waals surface area contributed by atoms with Crippen LogP contribution in [0.5, 0.6) is 5.75 Å². The van der Waals surface area contributed by atoms with Gasteiger partial charge in [-0.2, -0.15) is 0 Å². The van der Waals surface area contributed by atoms with Crippen molar-refractivity contribution in [2.24, 2.45) is 11.8 Å². The molecule has 1 aromatic carbocycles. The number of phenols is 1. The van der Waals surface area contributed by atoms with Crippen molar-refractivity contribution in [3.8, 4) is 5.75 Å². The summed E-state index contributed by atoms with van der Waals surface area (Å²) in [6.45, 7) is 9.47. The number of hydrogen-bond acceptors (Lipinski definition) is 5. The van der Waals surface area contributed by atoms with Crippen molar-refractivity contribution in [2.45, 2.75) is 46.6 Å². The minimum absolute atomic E-state index is 0.236. The summed E-state index contributed by atoms with van der Waals surface area (Å²) in [6, 6.07) is 7.09. The zero-order valence-corrected chi connectivity index (χ0v) is 15.1. The normalized spacial score (nSPS) is 11.6. The summed E-state index contributed by atoms with van der Waals surface area (Å²) >= 11 is 0. The summed E-state index contributed by atoms with van der Waals surface area (Å²) in [5.74, 6) is 4.82. The molecule has 0 aromatic heterocycles. The van der Waals surface area contributed by atoms with Crippen LogP contribution in [0.4, 0.5) is 4.79 Å². The molecule has 1 unspecified atom stereocenters. The van der Waals surface area contributed by atoms with Crippen LogP contribution in [-0.4, -0.2) is 29.3 Å². The number of amides is 2. The van der Waals surface area contributed by atoms with Gasteiger partial charge in [0.05, 0.1) is 0 Å². The number of hydrogen-bond donors (Lipinski definition) is 4. The lowest BCUT2D eigenvalue weighted by Crippen LogP contribution is -2.37. The molecule has 1 aromatic rings. The van der Waals surface area contributed by atoms with Crippen molar-refractivity contribution in [1.82, 2.24) is 10.7 Å². The highest BCUT2D eigenvalue weighted by molar-refractivity contribution is 5.77. The number of phenolic OH excluding ortho intramolecular Hbond substituents is 1. The van der Waals surface area contributed by atoms with E-state index in [0.29, 0.717) is 18.7 Å². The molecule has 0 fully saturated rings. The van der Waals surface area contributed by atoms with Gasteiger partial charge in [-0.15, -0.1) is 0 Å². The SMILES string of the molecule is CC(CCNC(=O)OC(C)(C)C)C(=O)NN.Cc1ccc(O)cc1.